The fourth-order valence-corrected chi connectivity index (χ4v) is 3.21. The fraction of sp³-hybridized carbons (Fsp3) is 0.647. The molecule has 20 heavy (non-hydrogen) atoms. The molecule has 0 bridgehead atoms. The van der Waals surface area contributed by atoms with Gasteiger partial charge in [-0.05, 0) is 42.7 Å². The minimum Gasteiger partial charge on any atom is -0.396 e. The Morgan fingerprint density at radius 3 is 2.50 bits per heavy atom. The maximum atomic E-state index is 8.84. The van der Waals surface area contributed by atoms with Crippen molar-refractivity contribution < 1.29 is 5.11 Å². The summed E-state index contributed by atoms with van der Waals surface area (Å²) in [4.78, 5) is 0. The molecular weight excluding hydrogens is 266 g/mol. The van der Waals surface area contributed by atoms with Crippen LogP contribution < -0.4 is 5.32 Å². The normalized spacial score (nSPS) is 12.6. The van der Waals surface area contributed by atoms with E-state index in [1.807, 2.05) is 11.8 Å². The Balaban J connectivity index is 2.56. The Morgan fingerprint density at radius 1 is 1.15 bits per heavy atom. The van der Waals surface area contributed by atoms with Gasteiger partial charge < -0.3 is 10.4 Å². The molecule has 0 aliphatic heterocycles. The molecule has 0 amide bonds. The van der Waals surface area contributed by atoms with Gasteiger partial charge in [0.25, 0.3) is 0 Å². The van der Waals surface area contributed by atoms with E-state index >= 15 is 0 Å². The largest absolute Gasteiger partial charge is 0.396 e. The topological polar surface area (TPSA) is 32.3 Å². The second-order valence-corrected chi connectivity index (χ2v) is 6.30. The summed E-state index contributed by atoms with van der Waals surface area (Å²) < 4.78 is 0. The van der Waals surface area contributed by atoms with Gasteiger partial charge in [0.2, 0.25) is 0 Å². The number of hydrogen-bond donors (Lipinski definition) is 2. The second-order valence-electron chi connectivity index (χ2n) is 5.15. The van der Waals surface area contributed by atoms with E-state index in [9.17, 15) is 0 Å². The van der Waals surface area contributed by atoms with E-state index in [2.05, 4.69) is 43.4 Å². The van der Waals surface area contributed by atoms with E-state index in [1.165, 1.54) is 24.0 Å². The molecule has 0 spiro atoms. The van der Waals surface area contributed by atoms with Gasteiger partial charge in [0, 0.05) is 18.4 Å². The van der Waals surface area contributed by atoms with Crippen LogP contribution in [0.1, 0.15) is 50.3 Å². The molecule has 1 unspecified atom stereocenters. The number of hydrogen-bond acceptors (Lipinski definition) is 3. The summed E-state index contributed by atoms with van der Waals surface area (Å²) in [6.45, 7) is 5.78. The summed E-state index contributed by atoms with van der Waals surface area (Å²) in [5, 5.41) is 12.5. The zero-order valence-electron chi connectivity index (χ0n) is 12.9. The van der Waals surface area contributed by atoms with E-state index in [-0.39, 0.29) is 0 Å². The monoisotopic (exact) mass is 295 g/mol. The lowest BCUT2D eigenvalue weighted by Gasteiger charge is -2.19. The molecule has 0 heterocycles. The lowest BCUT2D eigenvalue weighted by Crippen LogP contribution is -2.24. The summed E-state index contributed by atoms with van der Waals surface area (Å²) in [5.41, 5.74) is 2.81. The van der Waals surface area contributed by atoms with E-state index in [0.717, 1.165) is 30.9 Å². The zero-order chi connectivity index (χ0) is 14.6. The minimum absolute atomic E-state index is 0.297. The highest BCUT2D eigenvalue weighted by Crippen LogP contribution is 2.20. The Morgan fingerprint density at radius 2 is 1.90 bits per heavy atom. The molecule has 1 aromatic carbocycles. The second kappa shape index (κ2) is 11.2. The van der Waals surface area contributed by atoms with Gasteiger partial charge in [0.15, 0.2) is 0 Å². The Bertz CT molecular complexity index is 339. The quantitative estimate of drug-likeness (QED) is 0.609. The molecule has 0 fully saturated rings. The summed E-state index contributed by atoms with van der Waals surface area (Å²) in [5.74, 6) is 2.11. The van der Waals surface area contributed by atoms with Crippen molar-refractivity contribution in [3.63, 3.8) is 0 Å². The number of aryl methyl sites for hydroxylation is 1. The van der Waals surface area contributed by atoms with Crippen LogP contribution in [-0.2, 0) is 6.42 Å². The van der Waals surface area contributed by atoms with Gasteiger partial charge in [-0.2, -0.15) is 11.8 Å². The van der Waals surface area contributed by atoms with E-state index < -0.39 is 0 Å². The third-order valence-electron chi connectivity index (χ3n) is 3.29. The lowest BCUT2D eigenvalue weighted by molar-refractivity contribution is 0.296. The number of aliphatic hydroxyl groups is 1. The van der Waals surface area contributed by atoms with Crippen molar-refractivity contribution in [2.75, 3.05) is 24.7 Å². The molecular formula is C17H29NOS. The van der Waals surface area contributed by atoms with Gasteiger partial charge in [-0.15, -0.1) is 0 Å². The molecule has 0 aliphatic carbocycles. The number of rotatable bonds is 11. The number of benzene rings is 1. The van der Waals surface area contributed by atoms with Gasteiger partial charge in [0.1, 0.15) is 0 Å². The van der Waals surface area contributed by atoms with Crippen molar-refractivity contribution in [2.24, 2.45) is 0 Å². The van der Waals surface area contributed by atoms with Gasteiger partial charge in [-0.3, -0.25) is 0 Å². The highest BCUT2D eigenvalue weighted by Gasteiger charge is 2.10. The maximum absolute atomic E-state index is 8.84. The van der Waals surface area contributed by atoms with Crippen LogP contribution in [0.15, 0.2) is 24.3 Å². The first-order chi connectivity index (χ1) is 9.81. The van der Waals surface area contributed by atoms with E-state index in [0.29, 0.717) is 12.6 Å². The Labute approximate surface area is 128 Å². The predicted octanol–water partition coefficient (Wildman–Crippen LogP) is 3.80. The molecule has 0 aromatic heterocycles. The van der Waals surface area contributed by atoms with Gasteiger partial charge in [0.05, 0.1) is 0 Å². The fourth-order valence-electron chi connectivity index (χ4n) is 2.16. The third-order valence-corrected chi connectivity index (χ3v) is 4.44. The summed E-state index contributed by atoms with van der Waals surface area (Å²) in [6.07, 6.45) is 4.42. The smallest absolute Gasteiger partial charge is 0.0438 e. The molecule has 0 saturated carbocycles. The summed E-state index contributed by atoms with van der Waals surface area (Å²) in [7, 11) is 0. The first-order valence-electron chi connectivity index (χ1n) is 7.82. The standard InChI is InChI=1S/C17H29NOS/c1-3-6-15-7-9-16(10-8-15)17(18-11-4-2)14-20-13-5-12-19/h7-10,17-19H,3-6,11-14H2,1-2H3. The number of nitrogens with one attached hydrogen (secondary N) is 1. The van der Waals surface area contributed by atoms with E-state index in [4.69, 9.17) is 5.11 Å². The average molecular weight is 295 g/mol. The van der Waals surface area contributed by atoms with Crippen LogP contribution in [0, 0.1) is 0 Å². The highest BCUT2D eigenvalue weighted by atomic mass is 32.2. The van der Waals surface area contributed by atoms with Crippen LogP contribution in [0.3, 0.4) is 0 Å². The zero-order valence-corrected chi connectivity index (χ0v) is 13.7. The van der Waals surface area contributed by atoms with Crippen molar-refractivity contribution in [3.05, 3.63) is 35.4 Å². The minimum atomic E-state index is 0.297. The van der Waals surface area contributed by atoms with Crippen LogP contribution in [0.25, 0.3) is 0 Å². The average Bonchev–Trinajstić information content (AvgIpc) is 2.48. The molecule has 0 radical (unpaired) electrons. The van der Waals surface area contributed by atoms with Crippen LogP contribution >= 0.6 is 11.8 Å². The Kier molecular flexibility index (Phi) is 9.81. The highest BCUT2D eigenvalue weighted by molar-refractivity contribution is 7.99. The van der Waals surface area contributed by atoms with Crippen LogP contribution in [-0.4, -0.2) is 29.8 Å². The molecule has 2 N–H and O–H groups in total. The molecule has 0 aliphatic rings. The van der Waals surface area contributed by atoms with Crippen molar-refractivity contribution in [1.82, 2.24) is 5.32 Å². The third kappa shape index (κ3) is 6.78. The molecule has 1 aromatic rings. The van der Waals surface area contributed by atoms with Crippen molar-refractivity contribution in [2.45, 2.75) is 45.6 Å². The van der Waals surface area contributed by atoms with Crippen LogP contribution in [0.5, 0.6) is 0 Å². The summed E-state index contributed by atoms with van der Waals surface area (Å²) >= 11 is 1.92. The molecule has 114 valence electrons. The molecule has 0 saturated heterocycles. The molecule has 3 heteroatoms. The number of thioether (sulfide) groups is 1. The molecule has 1 rings (SSSR count). The van der Waals surface area contributed by atoms with Gasteiger partial charge in [-0.25, -0.2) is 0 Å². The maximum Gasteiger partial charge on any atom is 0.0438 e. The first-order valence-corrected chi connectivity index (χ1v) is 8.98. The number of aliphatic hydroxyl groups excluding tert-OH is 1. The lowest BCUT2D eigenvalue weighted by atomic mass is 10.0. The van der Waals surface area contributed by atoms with Gasteiger partial charge in [-0.1, -0.05) is 44.5 Å². The first kappa shape index (κ1) is 17.5. The predicted molar refractivity (Wildman–Crippen MR) is 90.5 cm³/mol. The molecule has 2 nitrogen and oxygen atoms in total. The van der Waals surface area contributed by atoms with Crippen molar-refractivity contribution >= 4 is 11.8 Å². The SMILES string of the molecule is CCCNC(CSCCCO)c1ccc(CCC)cc1. The van der Waals surface area contributed by atoms with Crippen molar-refractivity contribution in [1.29, 1.82) is 0 Å². The molecule has 1 atom stereocenters. The van der Waals surface area contributed by atoms with Crippen LogP contribution in [0.4, 0.5) is 0 Å². The van der Waals surface area contributed by atoms with Crippen molar-refractivity contribution in [3.8, 4) is 0 Å². The van der Waals surface area contributed by atoms with Gasteiger partial charge >= 0.3 is 0 Å². The van der Waals surface area contributed by atoms with Crippen LogP contribution in [0.2, 0.25) is 0 Å². The van der Waals surface area contributed by atoms with E-state index in [1.54, 1.807) is 0 Å². The Hall–Kier alpha value is -0.510. The summed E-state index contributed by atoms with van der Waals surface area (Å²) in [6, 6.07) is 9.49.